The Morgan fingerprint density at radius 2 is 1.95 bits per heavy atom. The number of benzene rings is 2. The van der Waals surface area contributed by atoms with Gasteiger partial charge >= 0.3 is 0 Å². The van der Waals surface area contributed by atoms with Crippen LogP contribution in [0.2, 0.25) is 0 Å². The van der Waals surface area contributed by atoms with Gasteiger partial charge in [0.05, 0.1) is 11.5 Å². The molecule has 0 bridgehead atoms. The number of fused-ring (bicyclic) bond motifs is 3. The van der Waals surface area contributed by atoms with Crippen LogP contribution in [-0.2, 0) is 18.3 Å². The van der Waals surface area contributed by atoms with Crippen LogP contribution in [0.4, 0.5) is 4.39 Å². The summed E-state index contributed by atoms with van der Waals surface area (Å²) in [7, 11) is 0. The number of carbonyl (C=O) groups is 1. The van der Waals surface area contributed by atoms with Crippen LogP contribution in [0.25, 0.3) is 0 Å². The average Bonchev–Trinajstić information content (AvgIpc) is 3.34. The number of carbonyl (C=O) groups excluding carboxylic acids is 1. The highest BCUT2D eigenvalue weighted by Gasteiger charge is 2.52. The number of piperidine rings is 1. The van der Waals surface area contributed by atoms with Crippen molar-refractivity contribution in [2.24, 2.45) is 5.92 Å². The van der Waals surface area contributed by atoms with Crippen LogP contribution in [0, 0.1) is 23.1 Å². The van der Waals surface area contributed by atoms with Gasteiger partial charge in [0.15, 0.2) is 5.82 Å². The van der Waals surface area contributed by atoms with Crippen LogP contribution in [0.1, 0.15) is 64.1 Å². The Morgan fingerprint density at radius 1 is 1.17 bits per heavy atom. The molecule has 3 fully saturated rings. The summed E-state index contributed by atoms with van der Waals surface area (Å²) in [6.45, 7) is 7.06. The van der Waals surface area contributed by atoms with Crippen LogP contribution in [0.15, 0.2) is 48.7 Å². The van der Waals surface area contributed by atoms with Crippen molar-refractivity contribution < 1.29 is 9.18 Å². The van der Waals surface area contributed by atoms with E-state index < -0.39 is 5.41 Å². The number of hydrogen-bond acceptors (Lipinski definition) is 7. The van der Waals surface area contributed by atoms with Crippen LogP contribution >= 0.6 is 0 Å². The zero-order chi connectivity index (χ0) is 28.1. The molecule has 7 rings (SSSR count). The molecule has 0 spiro atoms. The summed E-state index contributed by atoms with van der Waals surface area (Å²) < 4.78 is 14.5. The summed E-state index contributed by atoms with van der Waals surface area (Å²) in [5.74, 6) is 0.976. The van der Waals surface area contributed by atoms with Gasteiger partial charge in [-0.15, -0.1) is 5.10 Å². The summed E-state index contributed by atoms with van der Waals surface area (Å²) in [6, 6.07) is 13.7. The highest BCUT2D eigenvalue weighted by molar-refractivity contribution is 5.95. The molecule has 9 nitrogen and oxygen atoms in total. The Bertz CT molecular complexity index is 1540. The number of nitrogens with one attached hydrogen (secondary N) is 2. The van der Waals surface area contributed by atoms with Crippen molar-refractivity contribution in [1.82, 2.24) is 35.7 Å². The molecule has 2 aromatic carbocycles. The van der Waals surface area contributed by atoms with Crippen molar-refractivity contribution in [2.45, 2.75) is 56.0 Å². The first-order valence-corrected chi connectivity index (χ1v) is 14.5. The highest BCUT2D eigenvalue weighted by Crippen LogP contribution is 2.49. The van der Waals surface area contributed by atoms with Crippen LogP contribution in [-0.4, -0.2) is 74.6 Å². The minimum absolute atomic E-state index is 0.0504. The fraction of sp³-hybridized carbons (Fsp3) is 0.452. The molecule has 2 N–H and O–H groups in total. The number of rotatable bonds is 8. The molecule has 4 atom stereocenters. The van der Waals surface area contributed by atoms with E-state index in [1.54, 1.807) is 6.07 Å². The third kappa shape index (κ3) is 4.30. The zero-order valence-corrected chi connectivity index (χ0v) is 22.9. The predicted molar refractivity (Wildman–Crippen MR) is 149 cm³/mol. The maximum atomic E-state index is 14.5. The van der Waals surface area contributed by atoms with E-state index >= 15 is 0 Å². The van der Waals surface area contributed by atoms with Gasteiger partial charge in [0.2, 0.25) is 0 Å². The third-order valence-corrected chi connectivity index (χ3v) is 9.52. The first-order valence-electron chi connectivity index (χ1n) is 14.5. The number of hydrogen-bond donors (Lipinski definition) is 2. The molecule has 4 aliphatic rings. The molecular formula is C31H33FN8O. The monoisotopic (exact) mass is 552 g/mol. The van der Waals surface area contributed by atoms with Gasteiger partial charge < -0.3 is 15.1 Å². The van der Waals surface area contributed by atoms with Crippen molar-refractivity contribution in [1.29, 1.82) is 5.26 Å². The van der Waals surface area contributed by atoms with E-state index in [1.165, 1.54) is 6.07 Å². The number of amides is 1. The van der Waals surface area contributed by atoms with E-state index in [-0.39, 0.29) is 17.8 Å². The molecule has 210 valence electrons. The van der Waals surface area contributed by atoms with Gasteiger partial charge in [-0.05, 0) is 108 Å². The largest absolute Gasteiger partial charge is 0.355 e. The van der Waals surface area contributed by atoms with Gasteiger partial charge in [-0.25, -0.2) is 9.49 Å². The van der Waals surface area contributed by atoms with E-state index in [4.69, 9.17) is 0 Å². The number of aromatic nitrogens is 4. The second-order valence-corrected chi connectivity index (χ2v) is 11.8. The Hall–Kier alpha value is -4.10. The number of nitrogens with zero attached hydrogens (tertiary/aromatic N) is 6. The van der Waals surface area contributed by atoms with Crippen LogP contribution < -0.4 is 5.32 Å². The zero-order valence-electron chi connectivity index (χ0n) is 22.9. The third-order valence-electron chi connectivity index (χ3n) is 9.52. The second kappa shape index (κ2) is 10.1. The lowest BCUT2D eigenvalue weighted by molar-refractivity contribution is 0.0651. The summed E-state index contributed by atoms with van der Waals surface area (Å²) in [5, 5.41) is 28.5. The summed E-state index contributed by atoms with van der Waals surface area (Å²) >= 11 is 0. The van der Waals surface area contributed by atoms with E-state index in [9.17, 15) is 14.4 Å². The Kier molecular flexibility index (Phi) is 6.35. The predicted octanol–water partition coefficient (Wildman–Crippen LogP) is 3.10. The number of aromatic amines is 1. The number of tetrazole rings is 1. The van der Waals surface area contributed by atoms with Crippen LogP contribution in [0.5, 0.6) is 0 Å². The van der Waals surface area contributed by atoms with Crippen molar-refractivity contribution in [2.75, 3.05) is 26.2 Å². The standard InChI is InChI=1S/C31H33FN8O/c1-19(40-25(17-33)15-23-16-28(23)40)18-34-10-9-31(30-35-37-38-36-30)26-7-5-22(29(41)39-11-2-12-39)13-20(26)3-4-21-14-24(32)6-8-27(21)31/h5-8,13-14,23,25,28,34H,1-4,9-12,15-16,18H2,(H,35,36,37,38)/t23-,25?,28+,31?/m1/s1. The van der Waals surface area contributed by atoms with Crippen molar-refractivity contribution in [3.63, 3.8) is 0 Å². The molecule has 41 heavy (non-hydrogen) atoms. The molecule has 2 aliphatic carbocycles. The number of halogens is 1. The number of H-pyrrole nitrogens is 1. The lowest BCUT2D eigenvalue weighted by Crippen LogP contribution is -2.42. The number of likely N-dealkylation sites (tertiary alicyclic amines) is 2. The molecule has 1 saturated carbocycles. The molecule has 2 aliphatic heterocycles. The lowest BCUT2D eigenvalue weighted by atomic mass is 9.69. The Balaban J connectivity index is 1.23. The normalized spacial score (nSPS) is 25.8. The van der Waals surface area contributed by atoms with Gasteiger partial charge in [-0.2, -0.15) is 5.26 Å². The first kappa shape index (κ1) is 25.8. The topological polar surface area (TPSA) is 114 Å². The quantitative estimate of drug-likeness (QED) is 0.413. The van der Waals surface area contributed by atoms with E-state index in [2.05, 4.69) is 43.5 Å². The van der Waals surface area contributed by atoms with E-state index in [1.807, 2.05) is 29.2 Å². The van der Waals surface area contributed by atoms with Gasteiger partial charge in [-0.1, -0.05) is 18.7 Å². The molecule has 1 aromatic heterocycles. The molecule has 1 amide bonds. The second-order valence-electron chi connectivity index (χ2n) is 11.8. The van der Waals surface area contributed by atoms with E-state index in [0.29, 0.717) is 55.7 Å². The molecule has 3 aromatic rings. The maximum Gasteiger partial charge on any atom is 0.253 e. The molecule has 10 heteroatoms. The fourth-order valence-corrected chi connectivity index (χ4v) is 7.26. The molecule has 2 unspecified atom stereocenters. The Morgan fingerprint density at radius 3 is 2.66 bits per heavy atom. The Labute approximate surface area is 238 Å². The smallest absolute Gasteiger partial charge is 0.253 e. The van der Waals surface area contributed by atoms with Gasteiger partial charge in [0, 0.05) is 36.9 Å². The highest BCUT2D eigenvalue weighted by atomic mass is 19.1. The van der Waals surface area contributed by atoms with Crippen molar-refractivity contribution in [3.05, 3.63) is 88.1 Å². The van der Waals surface area contributed by atoms with Gasteiger partial charge in [-0.3, -0.25) is 4.79 Å². The minimum Gasteiger partial charge on any atom is -0.355 e. The summed E-state index contributed by atoms with van der Waals surface area (Å²) in [5.41, 5.74) is 4.77. The molecule has 2 saturated heterocycles. The van der Waals surface area contributed by atoms with Crippen molar-refractivity contribution >= 4 is 5.91 Å². The van der Waals surface area contributed by atoms with Gasteiger partial charge in [0.1, 0.15) is 11.9 Å². The minimum atomic E-state index is -0.782. The van der Waals surface area contributed by atoms with Crippen molar-refractivity contribution in [3.8, 4) is 6.07 Å². The summed E-state index contributed by atoms with van der Waals surface area (Å²) in [4.78, 5) is 17.2. The number of nitriles is 1. The maximum absolute atomic E-state index is 14.5. The summed E-state index contributed by atoms with van der Waals surface area (Å²) in [6.07, 6.45) is 5.01. The lowest BCUT2D eigenvalue weighted by Gasteiger charge is -2.35. The SMILES string of the molecule is C=C(CNCCC1(c2nnn[nH]2)c2ccc(F)cc2CCc2cc(C(=O)N3CCC3)ccc21)N1C(C#N)C[C@@H]2C[C@@H]21. The van der Waals surface area contributed by atoms with Gasteiger partial charge in [0.25, 0.3) is 5.91 Å². The first-order chi connectivity index (χ1) is 20.0. The fourth-order valence-electron chi connectivity index (χ4n) is 7.26. The average molecular weight is 553 g/mol. The molecule has 0 radical (unpaired) electrons. The number of aryl methyl sites for hydroxylation is 2. The van der Waals surface area contributed by atoms with Crippen LogP contribution in [0.3, 0.4) is 0 Å². The molecular weight excluding hydrogens is 519 g/mol. The molecule has 3 heterocycles. The van der Waals surface area contributed by atoms with E-state index in [0.717, 1.165) is 60.3 Å².